The second-order valence-corrected chi connectivity index (χ2v) is 13.6. The first-order chi connectivity index (χ1) is 14.4. The molecule has 0 bridgehead atoms. The van der Waals surface area contributed by atoms with Gasteiger partial charge in [-0.15, -0.1) is 0 Å². The zero-order valence-electron chi connectivity index (χ0n) is 20.1. The monoisotopic (exact) mass is 464 g/mol. The zero-order valence-corrected chi connectivity index (χ0v) is 21.9. The van der Waals surface area contributed by atoms with Gasteiger partial charge in [-0.1, -0.05) is 36.4 Å². The van der Waals surface area contributed by atoms with E-state index in [1.165, 1.54) is 0 Å². The molecule has 0 saturated carbocycles. The number of nitrogens with zero attached hydrogens (tertiary/aromatic N) is 2. The molecule has 0 saturated heterocycles. The van der Waals surface area contributed by atoms with Crippen molar-refractivity contribution in [3.05, 3.63) is 60.7 Å². The van der Waals surface area contributed by atoms with E-state index in [0.717, 1.165) is 0 Å². The summed E-state index contributed by atoms with van der Waals surface area (Å²) in [7, 11) is -7.37. The first-order valence-corrected chi connectivity index (χ1v) is 14.2. The molecule has 2 rings (SSSR count). The van der Waals surface area contributed by atoms with Crippen LogP contribution < -0.4 is 10.6 Å². The molecule has 0 aliphatic carbocycles. The Kier molecular flexibility index (Phi) is 8.90. The largest absolute Gasteiger partial charge is 0.309 e. The van der Waals surface area contributed by atoms with Crippen molar-refractivity contribution < 1.29 is 13.4 Å². The highest BCUT2D eigenvalue weighted by Crippen LogP contribution is 2.67. The van der Waals surface area contributed by atoms with E-state index in [4.69, 9.17) is 4.31 Å². The van der Waals surface area contributed by atoms with E-state index in [-0.39, 0.29) is 24.2 Å². The van der Waals surface area contributed by atoms with Crippen molar-refractivity contribution in [3.63, 3.8) is 0 Å². The molecule has 0 unspecified atom stereocenters. The Hall–Kier alpha value is -1.22. The molecule has 0 amide bonds. The molecule has 172 valence electrons. The van der Waals surface area contributed by atoms with E-state index in [9.17, 15) is 9.13 Å². The van der Waals surface area contributed by atoms with E-state index in [2.05, 4.69) is 0 Å². The molecule has 2 aromatic rings. The van der Waals surface area contributed by atoms with Crippen LogP contribution in [0.15, 0.2) is 60.7 Å². The molecular weight excluding hydrogens is 426 g/mol. The molecule has 2 atom stereocenters. The van der Waals surface area contributed by atoms with Crippen molar-refractivity contribution in [2.24, 2.45) is 0 Å². The molecular formula is C24H38N2O3P2. The highest BCUT2D eigenvalue weighted by molar-refractivity contribution is 7.77. The van der Waals surface area contributed by atoms with Crippen LogP contribution in [-0.2, 0) is 13.4 Å². The fraction of sp³-hybridized carbons (Fsp3) is 0.500. The van der Waals surface area contributed by atoms with Crippen molar-refractivity contribution in [1.29, 1.82) is 0 Å². The summed E-state index contributed by atoms with van der Waals surface area (Å²) in [6.45, 7) is 16.0. The number of rotatable bonds is 10. The van der Waals surface area contributed by atoms with Crippen LogP contribution in [0.2, 0.25) is 0 Å². The van der Waals surface area contributed by atoms with Crippen molar-refractivity contribution in [3.8, 4) is 0 Å². The van der Waals surface area contributed by atoms with Gasteiger partial charge in [0.1, 0.15) is 0 Å². The third kappa shape index (κ3) is 5.59. The van der Waals surface area contributed by atoms with Crippen LogP contribution in [0, 0.1) is 0 Å². The van der Waals surface area contributed by atoms with Gasteiger partial charge in [0.15, 0.2) is 0 Å². The van der Waals surface area contributed by atoms with E-state index < -0.39 is 15.0 Å². The molecule has 0 aliphatic rings. The van der Waals surface area contributed by atoms with Crippen LogP contribution in [-0.4, -0.2) is 33.5 Å². The Balaban J connectivity index is 2.80. The summed E-state index contributed by atoms with van der Waals surface area (Å²) in [5.74, 6) is 0. The quantitative estimate of drug-likeness (QED) is 0.388. The highest BCUT2D eigenvalue weighted by Gasteiger charge is 2.48. The van der Waals surface area contributed by atoms with Crippen LogP contribution in [0.3, 0.4) is 0 Å². The second-order valence-electron chi connectivity index (χ2n) is 8.93. The lowest BCUT2D eigenvalue weighted by atomic mass is 10.3. The minimum atomic E-state index is -3.69. The normalized spacial score (nSPS) is 16.5. The summed E-state index contributed by atoms with van der Waals surface area (Å²) in [6, 6.07) is 18.1. The molecule has 0 N–H and O–H groups in total. The fourth-order valence-electron chi connectivity index (χ4n) is 4.24. The van der Waals surface area contributed by atoms with Crippen molar-refractivity contribution >= 4 is 25.6 Å². The summed E-state index contributed by atoms with van der Waals surface area (Å²) in [6.07, 6.45) is 0. The second kappa shape index (κ2) is 10.6. The third-order valence-corrected chi connectivity index (χ3v) is 11.8. The van der Waals surface area contributed by atoms with Crippen molar-refractivity contribution in [2.45, 2.75) is 79.6 Å². The average Bonchev–Trinajstić information content (AvgIpc) is 2.68. The maximum Gasteiger partial charge on any atom is 0.309 e. The molecule has 31 heavy (non-hydrogen) atoms. The molecule has 0 aromatic heterocycles. The summed E-state index contributed by atoms with van der Waals surface area (Å²) in [4.78, 5) is 0. The predicted octanol–water partition coefficient (Wildman–Crippen LogP) is 6.28. The summed E-state index contributed by atoms with van der Waals surface area (Å²) in [5, 5.41) is 1.11. The van der Waals surface area contributed by atoms with Gasteiger partial charge in [-0.25, -0.2) is 13.7 Å². The SMILES string of the molecule is CC(C)N(C(C)C)[P@](=O)(O[P@](=O)(c1ccccc1)N(C(C)C)C(C)C)c1ccccc1. The maximum absolute atomic E-state index is 14.8. The molecule has 0 radical (unpaired) electrons. The summed E-state index contributed by atoms with van der Waals surface area (Å²) in [5.41, 5.74) is 0. The number of benzene rings is 2. The third-order valence-electron chi connectivity index (χ3n) is 5.11. The average molecular weight is 465 g/mol. The van der Waals surface area contributed by atoms with Crippen LogP contribution in [0.1, 0.15) is 55.4 Å². The van der Waals surface area contributed by atoms with Gasteiger partial charge < -0.3 is 0 Å². The minimum Gasteiger partial charge on any atom is -0.269 e. The molecule has 5 nitrogen and oxygen atoms in total. The van der Waals surface area contributed by atoms with Gasteiger partial charge in [0.25, 0.3) is 0 Å². The molecule has 0 spiro atoms. The Morgan fingerprint density at radius 2 is 0.806 bits per heavy atom. The lowest BCUT2D eigenvalue weighted by molar-refractivity contribution is 0.246. The lowest BCUT2D eigenvalue weighted by Crippen LogP contribution is -2.42. The zero-order chi connectivity index (χ0) is 23.4. The van der Waals surface area contributed by atoms with Gasteiger partial charge >= 0.3 is 15.0 Å². The van der Waals surface area contributed by atoms with Crippen LogP contribution in [0.5, 0.6) is 0 Å². The summed E-state index contributed by atoms with van der Waals surface area (Å²) < 4.78 is 40.0. The van der Waals surface area contributed by atoms with Crippen molar-refractivity contribution in [1.82, 2.24) is 9.34 Å². The molecule has 7 heteroatoms. The molecule has 2 aromatic carbocycles. The number of hydrogen-bond acceptors (Lipinski definition) is 3. The van der Waals surface area contributed by atoms with Gasteiger partial charge in [0.2, 0.25) is 0 Å². The number of hydrogen-bond donors (Lipinski definition) is 0. The van der Waals surface area contributed by atoms with Crippen LogP contribution in [0.4, 0.5) is 0 Å². The van der Waals surface area contributed by atoms with Gasteiger partial charge in [0.05, 0.1) is 10.6 Å². The van der Waals surface area contributed by atoms with E-state index >= 15 is 0 Å². The van der Waals surface area contributed by atoms with Gasteiger partial charge in [-0.2, -0.15) is 0 Å². The molecule has 0 fully saturated rings. The maximum atomic E-state index is 14.8. The standard InChI is InChI=1S/C24H38N2O3P2/c1-19(2)25(20(3)4)30(27,23-15-11-9-12-16-23)29-31(28,24-17-13-10-14-18-24)26(21(5)6)22(7)8/h9-22H,1-8H3/t30-,31-/m1/s1. The van der Waals surface area contributed by atoms with E-state index in [1.54, 1.807) is 0 Å². The van der Waals surface area contributed by atoms with E-state index in [1.807, 2.05) is 125 Å². The van der Waals surface area contributed by atoms with E-state index in [0.29, 0.717) is 10.6 Å². The molecule has 0 heterocycles. The first kappa shape index (κ1) is 26.0. The first-order valence-electron chi connectivity index (χ1n) is 11.1. The Labute approximate surface area is 188 Å². The molecule has 0 aliphatic heterocycles. The van der Waals surface area contributed by atoms with Gasteiger partial charge in [-0.3, -0.25) is 9.13 Å². The summed E-state index contributed by atoms with van der Waals surface area (Å²) >= 11 is 0. The van der Waals surface area contributed by atoms with Crippen LogP contribution in [0.25, 0.3) is 0 Å². The predicted molar refractivity (Wildman–Crippen MR) is 133 cm³/mol. The topological polar surface area (TPSA) is 49.9 Å². The smallest absolute Gasteiger partial charge is 0.269 e. The Morgan fingerprint density at radius 3 is 1.03 bits per heavy atom. The highest BCUT2D eigenvalue weighted by atomic mass is 31.2. The fourth-order valence-corrected chi connectivity index (χ4v) is 10.9. The minimum absolute atomic E-state index is 0.0678. The van der Waals surface area contributed by atoms with Crippen LogP contribution >= 0.6 is 15.0 Å². The van der Waals surface area contributed by atoms with Crippen molar-refractivity contribution in [2.75, 3.05) is 0 Å². The van der Waals surface area contributed by atoms with Gasteiger partial charge in [0, 0.05) is 24.2 Å². The lowest BCUT2D eigenvalue weighted by Gasteiger charge is -2.43. The Bertz CT molecular complexity index is 823. The van der Waals surface area contributed by atoms with Gasteiger partial charge in [-0.05, 0) is 79.7 Å². The Morgan fingerprint density at radius 1 is 0.548 bits per heavy atom.